The first-order chi connectivity index (χ1) is 12.6. The molecule has 4 rings (SSSR count). The Morgan fingerprint density at radius 3 is 2.69 bits per heavy atom. The van der Waals surface area contributed by atoms with E-state index in [2.05, 4.69) is 41.1 Å². The van der Waals surface area contributed by atoms with Gasteiger partial charge in [0.15, 0.2) is 0 Å². The van der Waals surface area contributed by atoms with Gasteiger partial charge in [-0.25, -0.2) is 0 Å². The van der Waals surface area contributed by atoms with E-state index < -0.39 is 0 Å². The number of carbonyl (C=O) groups is 1. The van der Waals surface area contributed by atoms with E-state index in [1.807, 2.05) is 18.2 Å². The molecule has 4 heteroatoms. The average molecular weight is 347 g/mol. The minimum Gasteiger partial charge on any atom is -0.382 e. The molecule has 1 unspecified atom stereocenters. The summed E-state index contributed by atoms with van der Waals surface area (Å²) < 4.78 is 0. The van der Waals surface area contributed by atoms with Gasteiger partial charge >= 0.3 is 0 Å². The summed E-state index contributed by atoms with van der Waals surface area (Å²) in [6.07, 6.45) is 4.29. The summed E-state index contributed by atoms with van der Waals surface area (Å²) in [5.74, 6) is -0.358. The van der Waals surface area contributed by atoms with E-state index in [4.69, 9.17) is 5.73 Å². The molecular weight excluding hydrogens is 322 g/mol. The number of hydrogen-bond donors (Lipinski definition) is 2. The number of rotatable bonds is 4. The van der Waals surface area contributed by atoms with Crippen molar-refractivity contribution in [1.82, 2.24) is 5.32 Å². The van der Waals surface area contributed by atoms with E-state index in [-0.39, 0.29) is 5.91 Å². The predicted molar refractivity (Wildman–Crippen MR) is 105 cm³/mol. The fourth-order valence-electron chi connectivity index (χ4n) is 4.03. The van der Waals surface area contributed by atoms with E-state index in [1.54, 1.807) is 0 Å². The molecule has 2 heterocycles. The third-order valence-electron chi connectivity index (χ3n) is 5.45. The zero-order chi connectivity index (χ0) is 18.1. The van der Waals surface area contributed by atoms with Crippen LogP contribution in [0, 0.1) is 0 Å². The first-order valence-electron chi connectivity index (χ1n) is 9.31. The van der Waals surface area contributed by atoms with Crippen molar-refractivity contribution in [2.75, 3.05) is 11.4 Å². The Hall–Kier alpha value is -2.75. The Bertz CT molecular complexity index is 841. The molecule has 2 aromatic rings. The summed E-state index contributed by atoms with van der Waals surface area (Å²) >= 11 is 0. The molecule has 1 amide bonds. The van der Waals surface area contributed by atoms with Crippen molar-refractivity contribution >= 4 is 11.6 Å². The fraction of sp³-hybridized carbons (Fsp3) is 0.318. The normalized spacial score (nSPS) is 19.2. The van der Waals surface area contributed by atoms with Gasteiger partial charge in [-0.3, -0.25) is 4.79 Å². The van der Waals surface area contributed by atoms with Crippen LogP contribution >= 0.6 is 0 Å². The molecule has 3 N–H and O–H groups in total. The second-order valence-corrected chi connectivity index (χ2v) is 7.31. The third-order valence-corrected chi connectivity index (χ3v) is 5.45. The van der Waals surface area contributed by atoms with Crippen LogP contribution in [-0.4, -0.2) is 12.5 Å². The number of carbonyl (C=O) groups excluding carboxylic acids is 1. The number of aryl methyl sites for hydroxylation is 1. The van der Waals surface area contributed by atoms with Crippen LogP contribution in [-0.2, 0) is 13.0 Å². The van der Waals surface area contributed by atoms with Gasteiger partial charge in [0.25, 0.3) is 0 Å². The molecule has 2 aliphatic heterocycles. The number of fused-ring (bicyclic) bond motifs is 1. The largest absolute Gasteiger partial charge is 0.382 e. The summed E-state index contributed by atoms with van der Waals surface area (Å²) in [4.78, 5) is 13.8. The van der Waals surface area contributed by atoms with Crippen LogP contribution in [0.5, 0.6) is 0 Å². The molecule has 0 aliphatic carbocycles. The molecule has 2 aromatic carbocycles. The standard InChI is InChI=1S/C22H25N3O/c1-15-4-10-20(24-15)17-7-5-16(6-8-17)14-25-12-2-3-18-13-19(22(23)26)9-11-21(18)25/h5-9,11,13,20,24H,1-4,10,12,14H2,(H2,23,26). The van der Waals surface area contributed by atoms with E-state index in [0.29, 0.717) is 11.6 Å². The maximum atomic E-state index is 11.4. The van der Waals surface area contributed by atoms with Crippen molar-refractivity contribution in [3.8, 4) is 0 Å². The number of primary amides is 1. The van der Waals surface area contributed by atoms with E-state index >= 15 is 0 Å². The van der Waals surface area contributed by atoms with Gasteiger partial charge in [-0.1, -0.05) is 30.8 Å². The molecule has 0 spiro atoms. The lowest BCUT2D eigenvalue weighted by Crippen LogP contribution is -2.29. The number of amides is 1. The first kappa shape index (κ1) is 16.7. The molecule has 1 saturated heterocycles. The van der Waals surface area contributed by atoms with Crippen LogP contribution in [0.15, 0.2) is 54.7 Å². The molecule has 0 radical (unpaired) electrons. The van der Waals surface area contributed by atoms with Gasteiger partial charge in [-0.15, -0.1) is 0 Å². The third kappa shape index (κ3) is 3.32. The molecule has 1 atom stereocenters. The topological polar surface area (TPSA) is 58.4 Å². The monoisotopic (exact) mass is 347 g/mol. The Labute approximate surface area is 154 Å². The number of nitrogens with zero attached hydrogens (tertiary/aromatic N) is 1. The number of benzene rings is 2. The van der Waals surface area contributed by atoms with Crippen molar-refractivity contribution < 1.29 is 4.79 Å². The Morgan fingerprint density at radius 1 is 1.19 bits per heavy atom. The molecule has 1 fully saturated rings. The summed E-state index contributed by atoms with van der Waals surface area (Å²) in [7, 11) is 0. The van der Waals surface area contributed by atoms with Gasteiger partial charge in [-0.05, 0) is 60.6 Å². The second-order valence-electron chi connectivity index (χ2n) is 7.31. The lowest BCUT2D eigenvalue weighted by molar-refractivity contribution is 0.1000. The lowest BCUT2D eigenvalue weighted by atomic mass is 9.98. The second kappa shape index (κ2) is 6.87. The molecule has 134 valence electrons. The number of hydrogen-bond acceptors (Lipinski definition) is 3. The highest BCUT2D eigenvalue weighted by molar-refractivity contribution is 5.93. The molecule has 4 nitrogen and oxygen atoms in total. The lowest BCUT2D eigenvalue weighted by Gasteiger charge is -2.31. The van der Waals surface area contributed by atoms with Gasteiger partial charge in [0, 0.05) is 30.0 Å². The summed E-state index contributed by atoms with van der Waals surface area (Å²) in [6.45, 7) is 5.94. The van der Waals surface area contributed by atoms with Crippen molar-refractivity contribution in [1.29, 1.82) is 0 Å². The maximum absolute atomic E-state index is 11.4. The molecule has 0 bridgehead atoms. The highest BCUT2D eigenvalue weighted by Gasteiger charge is 2.20. The molecule has 2 aliphatic rings. The minimum absolute atomic E-state index is 0.358. The summed E-state index contributed by atoms with van der Waals surface area (Å²) in [5.41, 5.74) is 12.2. The van der Waals surface area contributed by atoms with Crippen molar-refractivity contribution in [2.24, 2.45) is 5.73 Å². The quantitative estimate of drug-likeness (QED) is 0.887. The highest BCUT2D eigenvalue weighted by Crippen LogP contribution is 2.31. The number of allylic oxidation sites excluding steroid dienone is 1. The Morgan fingerprint density at radius 2 is 2.00 bits per heavy atom. The van der Waals surface area contributed by atoms with Gasteiger partial charge in [0.1, 0.15) is 0 Å². The van der Waals surface area contributed by atoms with Gasteiger partial charge in [0.05, 0.1) is 6.04 Å². The zero-order valence-electron chi connectivity index (χ0n) is 15.0. The molecular formula is C22H25N3O. The molecule has 0 saturated carbocycles. The Kier molecular flexibility index (Phi) is 4.41. The number of anilines is 1. The van der Waals surface area contributed by atoms with Crippen molar-refractivity contribution in [3.05, 3.63) is 77.0 Å². The first-order valence-corrected chi connectivity index (χ1v) is 9.31. The molecule has 26 heavy (non-hydrogen) atoms. The SMILES string of the molecule is C=C1CCC(c2ccc(CN3CCCc4cc(C(N)=O)ccc43)cc2)N1. The van der Waals surface area contributed by atoms with Crippen LogP contribution in [0.1, 0.15) is 52.4 Å². The van der Waals surface area contributed by atoms with Gasteiger partial charge < -0.3 is 16.0 Å². The summed E-state index contributed by atoms with van der Waals surface area (Å²) in [5, 5.41) is 3.46. The minimum atomic E-state index is -0.358. The van der Waals surface area contributed by atoms with Crippen LogP contribution in [0.2, 0.25) is 0 Å². The fourth-order valence-corrected chi connectivity index (χ4v) is 4.03. The van der Waals surface area contributed by atoms with Crippen LogP contribution in [0.25, 0.3) is 0 Å². The van der Waals surface area contributed by atoms with Gasteiger partial charge in [0.2, 0.25) is 5.91 Å². The van der Waals surface area contributed by atoms with Crippen LogP contribution in [0.3, 0.4) is 0 Å². The van der Waals surface area contributed by atoms with Crippen LogP contribution < -0.4 is 16.0 Å². The van der Waals surface area contributed by atoms with Crippen molar-refractivity contribution in [3.63, 3.8) is 0 Å². The zero-order valence-corrected chi connectivity index (χ0v) is 15.0. The van der Waals surface area contributed by atoms with Crippen molar-refractivity contribution in [2.45, 2.75) is 38.3 Å². The number of nitrogens with one attached hydrogen (secondary N) is 1. The molecule has 0 aromatic heterocycles. The maximum Gasteiger partial charge on any atom is 0.248 e. The smallest absolute Gasteiger partial charge is 0.248 e. The van der Waals surface area contributed by atoms with E-state index in [1.165, 1.54) is 22.4 Å². The summed E-state index contributed by atoms with van der Waals surface area (Å²) in [6, 6.07) is 15.1. The predicted octanol–water partition coefficient (Wildman–Crippen LogP) is 3.68. The number of nitrogens with two attached hydrogens (primary N) is 1. The van der Waals surface area contributed by atoms with Gasteiger partial charge in [-0.2, -0.15) is 0 Å². The average Bonchev–Trinajstić information content (AvgIpc) is 3.08. The van der Waals surface area contributed by atoms with E-state index in [0.717, 1.165) is 44.5 Å². The van der Waals surface area contributed by atoms with E-state index in [9.17, 15) is 4.79 Å². The Balaban J connectivity index is 1.50. The van der Waals surface area contributed by atoms with Crippen LogP contribution in [0.4, 0.5) is 5.69 Å². The highest BCUT2D eigenvalue weighted by atomic mass is 16.1.